The lowest BCUT2D eigenvalue weighted by Crippen LogP contribution is -1.86. The molecule has 0 bridgehead atoms. The zero-order chi connectivity index (χ0) is 12.4. The molecule has 4 heteroatoms. The van der Waals surface area contributed by atoms with Crippen molar-refractivity contribution in [2.45, 2.75) is 6.92 Å². The number of nitrogens with zero attached hydrogens (tertiary/aromatic N) is 3. The van der Waals surface area contributed by atoms with Crippen molar-refractivity contribution in [2.75, 3.05) is 0 Å². The second-order valence-corrected chi connectivity index (χ2v) is 3.95. The Balaban J connectivity index is 2.00. The van der Waals surface area contributed by atoms with Crippen LogP contribution in [0.3, 0.4) is 0 Å². The molecule has 0 radical (unpaired) electrons. The third kappa shape index (κ3) is 2.00. The Morgan fingerprint density at radius 3 is 2.50 bits per heavy atom. The summed E-state index contributed by atoms with van der Waals surface area (Å²) in [6, 6.07) is 15.4. The van der Waals surface area contributed by atoms with Crippen LogP contribution in [0.15, 0.2) is 53.1 Å². The van der Waals surface area contributed by atoms with Crippen LogP contribution in [0, 0.1) is 6.92 Å². The molecule has 4 nitrogen and oxygen atoms in total. The van der Waals surface area contributed by atoms with Gasteiger partial charge in [-0.3, -0.25) is 0 Å². The normalized spacial score (nSPS) is 10.5. The lowest BCUT2D eigenvalue weighted by Gasteiger charge is -1.94. The molecule has 3 aromatic rings. The van der Waals surface area contributed by atoms with E-state index in [9.17, 15) is 0 Å². The molecule has 3 rings (SSSR count). The quantitative estimate of drug-likeness (QED) is 0.687. The lowest BCUT2D eigenvalue weighted by molar-refractivity contribution is 0.431. The van der Waals surface area contributed by atoms with E-state index in [0.717, 1.165) is 11.3 Å². The van der Waals surface area contributed by atoms with Crippen LogP contribution in [0.5, 0.6) is 0 Å². The summed E-state index contributed by atoms with van der Waals surface area (Å²) in [5, 5.41) is 3.97. The van der Waals surface area contributed by atoms with E-state index in [0.29, 0.717) is 17.4 Å². The van der Waals surface area contributed by atoms with Crippen LogP contribution in [-0.2, 0) is 0 Å². The van der Waals surface area contributed by atoms with Gasteiger partial charge in [-0.15, -0.1) is 0 Å². The van der Waals surface area contributed by atoms with Gasteiger partial charge in [-0.2, -0.15) is 4.98 Å². The minimum atomic E-state index is 0.442. The predicted molar refractivity (Wildman–Crippen MR) is 67.7 cm³/mol. The molecular weight excluding hydrogens is 226 g/mol. The van der Waals surface area contributed by atoms with Crippen molar-refractivity contribution >= 4 is 0 Å². The molecule has 0 amide bonds. The van der Waals surface area contributed by atoms with Crippen LogP contribution in [0.1, 0.15) is 5.69 Å². The summed E-state index contributed by atoms with van der Waals surface area (Å²) < 4.78 is 5.24. The van der Waals surface area contributed by atoms with E-state index in [1.807, 2.05) is 55.5 Å². The average molecular weight is 237 g/mol. The Labute approximate surface area is 104 Å². The van der Waals surface area contributed by atoms with Gasteiger partial charge in [0.25, 0.3) is 5.89 Å². The number of hydrogen-bond donors (Lipinski definition) is 0. The van der Waals surface area contributed by atoms with Crippen molar-refractivity contribution in [1.29, 1.82) is 0 Å². The third-order valence-electron chi connectivity index (χ3n) is 2.57. The van der Waals surface area contributed by atoms with Gasteiger partial charge in [0.1, 0.15) is 5.69 Å². The van der Waals surface area contributed by atoms with Crippen LogP contribution in [0.4, 0.5) is 0 Å². The summed E-state index contributed by atoms with van der Waals surface area (Å²) in [4.78, 5) is 8.71. The maximum atomic E-state index is 5.24. The van der Waals surface area contributed by atoms with Gasteiger partial charge in [0.2, 0.25) is 5.82 Å². The predicted octanol–water partition coefficient (Wildman–Crippen LogP) is 3.11. The van der Waals surface area contributed by atoms with Crippen molar-refractivity contribution in [1.82, 2.24) is 15.1 Å². The largest absolute Gasteiger partial charge is 0.332 e. The smallest absolute Gasteiger partial charge is 0.276 e. The summed E-state index contributed by atoms with van der Waals surface area (Å²) in [7, 11) is 0. The van der Waals surface area contributed by atoms with Gasteiger partial charge in [-0.05, 0) is 19.1 Å². The molecule has 18 heavy (non-hydrogen) atoms. The zero-order valence-electron chi connectivity index (χ0n) is 9.87. The Hall–Kier alpha value is -2.49. The Morgan fingerprint density at radius 1 is 0.889 bits per heavy atom. The van der Waals surface area contributed by atoms with Gasteiger partial charge >= 0.3 is 0 Å². The molecule has 0 saturated heterocycles. The first-order valence-electron chi connectivity index (χ1n) is 5.66. The number of pyridine rings is 1. The van der Waals surface area contributed by atoms with Crippen LogP contribution >= 0.6 is 0 Å². The SMILES string of the molecule is Cc1cccc(-c2nc(-c3ccccc3)no2)n1. The van der Waals surface area contributed by atoms with Crippen LogP contribution in [-0.4, -0.2) is 15.1 Å². The monoisotopic (exact) mass is 237 g/mol. The van der Waals surface area contributed by atoms with Crippen LogP contribution in [0.2, 0.25) is 0 Å². The molecule has 0 aliphatic heterocycles. The van der Waals surface area contributed by atoms with E-state index >= 15 is 0 Å². The van der Waals surface area contributed by atoms with E-state index in [4.69, 9.17) is 4.52 Å². The molecule has 0 unspecified atom stereocenters. The number of aryl methyl sites for hydroxylation is 1. The zero-order valence-corrected chi connectivity index (χ0v) is 9.87. The summed E-state index contributed by atoms with van der Waals surface area (Å²) in [6.45, 7) is 1.93. The lowest BCUT2D eigenvalue weighted by atomic mass is 10.2. The molecule has 0 atom stereocenters. The second-order valence-electron chi connectivity index (χ2n) is 3.95. The maximum Gasteiger partial charge on any atom is 0.276 e. The minimum absolute atomic E-state index is 0.442. The fourth-order valence-corrected chi connectivity index (χ4v) is 1.69. The van der Waals surface area contributed by atoms with Crippen LogP contribution in [0.25, 0.3) is 23.0 Å². The van der Waals surface area contributed by atoms with E-state index in [2.05, 4.69) is 15.1 Å². The number of benzene rings is 1. The number of aromatic nitrogens is 3. The summed E-state index contributed by atoms with van der Waals surface area (Å²) in [6.07, 6.45) is 0. The van der Waals surface area contributed by atoms with Gasteiger partial charge in [-0.25, -0.2) is 4.98 Å². The summed E-state index contributed by atoms with van der Waals surface area (Å²) in [5.41, 5.74) is 2.55. The van der Waals surface area contributed by atoms with Gasteiger partial charge in [0, 0.05) is 11.3 Å². The first-order chi connectivity index (χ1) is 8.83. The van der Waals surface area contributed by atoms with Crippen molar-refractivity contribution in [2.24, 2.45) is 0 Å². The van der Waals surface area contributed by atoms with Crippen molar-refractivity contribution < 1.29 is 4.52 Å². The van der Waals surface area contributed by atoms with Gasteiger partial charge in [-0.1, -0.05) is 41.6 Å². The van der Waals surface area contributed by atoms with E-state index < -0.39 is 0 Å². The molecule has 88 valence electrons. The van der Waals surface area contributed by atoms with E-state index in [1.165, 1.54) is 0 Å². The Kier molecular flexibility index (Phi) is 2.61. The first kappa shape index (κ1) is 10.7. The molecule has 2 aromatic heterocycles. The number of rotatable bonds is 2. The van der Waals surface area contributed by atoms with Crippen molar-refractivity contribution in [3.63, 3.8) is 0 Å². The highest BCUT2D eigenvalue weighted by molar-refractivity contribution is 5.57. The van der Waals surface area contributed by atoms with Crippen LogP contribution < -0.4 is 0 Å². The molecule has 1 aromatic carbocycles. The van der Waals surface area contributed by atoms with Gasteiger partial charge in [0.15, 0.2) is 0 Å². The topological polar surface area (TPSA) is 51.8 Å². The molecule has 0 N–H and O–H groups in total. The highest BCUT2D eigenvalue weighted by Gasteiger charge is 2.11. The molecule has 0 aliphatic rings. The molecule has 0 spiro atoms. The molecule has 0 fully saturated rings. The highest BCUT2D eigenvalue weighted by atomic mass is 16.5. The maximum absolute atomic E-state index is 5.24. The summed E-state index contributed by atoms with van der Waals surface area (Å²) in [5.74, 6) is 1.02. The highest BCUT2D eigenvalue weighted by Crippen LogP contribution is 2.20. The molecule has 0 saturated carbocycles. The van der Waals surface area contributed by atoms with Gasteiger partial charge in [0.05, 0.1) is 0 Å². The molecule has 0 aliphatic carbocycles. The fraction of sp³-hybridized carbons (Fsp3) is 0.0714. The average Bonchev–Trinajstić information content (AvgIpc) is 2.89. The van der Waals surface area contributed by atoms with E-state index in [-0.39, 0.29) is 0 Å². The standard InChI is InChI=1S/C14H11N3O/c1-10-6-5-9-12(15-10)14-16-13(17-18-14)11-7-3-2-4-8-11/h2-9H,1H3. The van der Waals surface area contributed by atoms with E-state index in [1.54, 1.807) is 0 Å². The van der Waals surface area contributed by atoms with Crippen molar-refractivity contribution in [3.8, 4) is 23.0 Å². The number of hydrogen-bond acceptors (Lipinski definition) is 4. The Bertz CT molecular complexity index is 662. The third-order valence-corrected chi connectivity index (χ3v) is 2.57. The first-order valence-corrected chi connectivity index (χ1v) is 5.66. The Morgan fingerprint density at radius 2 is 1.72 bits per heavy atom. The minimum Gasteiger partial charge on any atom is -0.332 e. The molecular formula is C14H11N3O. The second kappa shape index (κ2) is 4.41. The molecule has 2 heterocycles. The van der Waals surface area contributed by atoms with Crippen molar-refractivity contribution in [3.05, 3.63) is 54.2 Å². The van der Waals surface area contributed by atoms with Gasteiger partial charge < -0.3 is 4.52 Å². The fourth-order valence-electron chi connectivity index (χ4n) is 1.69. The summed E-state index contributed by atoms with van der Waals surface area (Å²) >= 11 is 0.